The zero-order valence-corrected chi connectivity index (χ0v) is 26.0. The number of hydrogen-bond acceptors (Lipinski definition) is 7. The van der Waals surface area contributed by atoms with Crippen LogP contribution >= 0.6 is 11.3 Å². The summed E-state index contributed by atoms with van der Waals surface area (Å²) in [4.78, 5) is 59.8. The highest BCUT2D eigenvalue weighted by molar-refractivity contribution is 7.09. The molecule has 232 valence electrons. The number of carbonyl (C=O) groups excluding carboxylic acids is 4. The van der Waals surface area contributed by atoms with Crippen LogP contribution in [0.1, 0.15) is 58.7 Å². The normalized spacial score (nSPS) is 20.4. The van der Waals surface area contributed by atoms with E-state index < -0.39 is 17.5 Å². The zero-order chi connectivity index (χ0) is 31.1. The van der Waals surface area contributed by atoms with Crippen molar-refractivity contribution >= 4 is 35.0 Å². The largest absolute Gasteiger partial charge is 0.491 e. The molecule has 1 fully saturated rings. The molecule has 2 heterocycles. The maximum atomic E-state index is 13.8. The molecule has 2 aliphatic rings. The van der Waals surface area contributed by atoms with Crippen molar-refractivity contribution in [3.63, 3.8) is 0 Å². The lowest BCUT2D eigenvalue weighted by Gasteiger charge is -2.32. The summed E-state index contributed by atoms with van der Waals surface area (Å²) < 4.78 is 6.22. The van der Waals surface area contributed by atoms with Crippen LogP contribution in [0.25, 0.3) is 0 Å². The fraction of sp³-hybridized carbons (Fsp3) is 0.424. The molecule has 3 N–H and O–H groups in total. The van der Waals surface area contributed by atoms with Crippen molar-refractivity contribution < 1.29 is 23.9 Å². The first-order valence-corrected chi connectivity index (χ1v) is 16.0. The van der Waals surface area contributed by atoms with Gasteiger partial charge in [0, 0.05) is 37.5 Å². The number of benzene rings is 2. The Morgan fingerprint density at radius 3 is 2.59 bits per heavy atom. The highest BCUT2D eigenvalue weighted by Gasteiger charge is 2.53. The van der Waals surface area contributed by atoms with E-state index in [2.05, 4.69) is 20.9 Å². The van der Waals surface area contributed by atoms with Crippen LogP contribution in [-0.4, -0.2) is 71.3 Å². The van der Waals surface area contributed by atoms with Crippen LogP contribution in [0.5, 0.6) is 5.75 Å². The van der Waals surface area contributed by atoms with Crippen LogP contribution in [0.15, 0.2) is 60.0 Å². The summed E-state index contributed by atoms with van der Waals surface area (Å²) >= 11 is 1.59. The Morgan fingerprint density at radius 2 is 1.86 bits per heavy atom. The number of nitrogens with zero attached hydrogens (tertiary/aromatic N) is 2. The van der Waals surface area contributed by atoms with Gasteiger partial charge < -0.3 is 25.6 Å². The maximum absolute atomic E-state index is 13.8. The van der Waals surface area contributed by atoms with Gasteiger partial charge in [0.1, 0.15) is 23.9 Å². The Balaban J connectivity index is 1.34. The second kappa shape index (κ2) is 14.0. The second-order valence-corrected chi connectivity index (χ2v) is 12.5. The van der Waals surface area contributed by atoms with Gasteiger partial charge in [-0.2, -0.15) is 0 Å². The lowest BCUT2D eigenvalue weighted by atomic mass is 10.0. The molecular weight excluding hydrogens is 578 g/mol. The zero-order valence-electron chi connectivity index (χ0n) is 25.1. The van der Waals surface area contributed by atoms with E-state index >= 15 is 0 Å². The molecule has 3 aromatic rings. The van der Waals surface area contributed by atoms with Gasteiger partial charge in [0.05, 0.1) is 16.6 Å². The van der Waals surface area contributed by atoms with Gasteiger partial charge in [-0.15, -0.1) is 11.3 Å². The lowest BCUT2D eigenvalue weighted by molar-refractivity contribution is -0.139. The second-order valence-electron chi connectivity index (χ2n) is 11.5. The molecule has 10 nitrogen and oxygen atoms in total. The third-order valence-corrected chi connectivity index (χ3v) is 9.12. The monoisotopic (exact) mass is 617 g/mol. The Morgan fingerprint density at radius 1 is 1.11 bits per heavy atom. The molecule has 1 aliphatic carbocycles. The first kappa shape index (κ1) is 31.2. The van der Waals surface area contributed by atoms with Crippen molar-refractivity contribution in [2.75, 3.05) is 20.2 Å². The van der Waals surface area contributed by atoms with Gasteiger partial charge in [0.15, 0.2) is 0 Å². The molecule has 1 spiro atoms. The van der Waals surface area contributed by atoms with Crippen molar-refractivity contribution in [2.24, 2.45) is 0 Å². The number of amides is 4. The van der Waals surface area contributed by atoms with Gasteiger partial charge in [-0.3, -0.25) is 19.2 Å². The summed E-state index contributed by atoms with van der Waals surface area (Å²) in [6.07, 6.45) is 3.10. The molecule has 0 bridgehead atoms. The van der Waals surface area contributed by atoms with Crippen LogP contribution in [0.2, 0.25) is 0 Å². The number of carbonyl (C=O) groups is 4. The molecule has 2 atom stereocenters. The summed E-state index contributed by atoms with van der Waals surface area (Å²) in [5, 5.41) is 11.7. The van der Waals surface area contributed by atoms with Gasteiger partial charge in [-0.05, 0) is 56.7 Å². The molecule has 1 saturated carbocycles. The number of likely N-dealkylation sites (N-methyl/N-ethyl adjacent to an activating group) is 1. The molecule has 5 rings (SSSR count). The number of nitrogens with one attached hydrogen (secondary N) is 3. The van der Waals surface area contributed by atoms with Crippen LogP contribution in [0, 0.1) is 6.92 Å². The Kier molecular flexibility index (Phi) is 9.94. The first-order valence-electron chi connectivity index (χ1n) is 15.1. The maximum Gasteiger partial charge on any atom is 0.255 e. The topological polar surface area (TPSA) is 130 Å². The van der Waals surface area contributed by atoms with E-state index in [9.17, 15) is 19.2 Å². The molecule has 4 amide bonds. The Bertz CT molecular complexity index is 1490. The number of hydrogen-bond donors (Lipinski definition) is 3. The average Bonchev–Trinajstić information content (AvgIpc) is 3.69. The number of rotatable bonds is 7. The standard InChI is InChI=1S/C33H39N5O5S/c1-22-21-44-29(35-22)13-8-18-34-31(41)26-14-15-28(39)37-33(16-17-33)32(42)38(2)24(19-23-9-4-3-5-10-23)20-43-27-12-7-6-11-25(27)30(40)36-26/h3-7,9-12,21,24,26H,8,13-20H2,1-2H3,(H,34,41)(H,36,40)(H,37,39)/t24-,26-/m0/s1. The molecule has 1 aromatic heterocycles. The van der Waals surface area contributed by atoms with E-state index in [1.165, 1.54) is 0 Å². The summed E-state index contributed by atoms with van der Waals surface area (Å²) in [7, 11) is 1.73. The fourth-order valence-corrected chi connectivity index (χ4v) is 6.20. The lowest BCUT2D eigenvalue weighted by Crippen LogP contribution is -2.54. The minimum atomic E-state index is -0.964. The first-order chi connectivity index (χ1) is 21.2. The number of fused-ring (bicyclic) bond motifs is 1. The minimum Gasteiger partial charge on any atom is -0.491 e. The molecular formula is C33H39N5O5S. The molecule has 0 radical (unpaired) electrons. The van der Waals surface area contributed by atoms with E-state index in [0.717, 1.165) is 22.7 Å². The quantitative estimate of drug-likeness (QED) is 0.350. The van der Waals surface area contributed by atoms with Crippen molar-refractivity contribution in [1.29, 1.82) is 0 Å². The summed E-state index contributed by atoms with van der Waals surface area (Å²) in [5.41, 5.74) is 1.32. The van der Waals surface area contributed by atoms with Gasteiger partial charge in [-0.25, -0.2) is 4.98 Å². The van der Waals surface area contributed by atoms with E-state index in [-0.39, 0.29) is 48.8 Å². The summed E-state index contributed by atoms with van der Waals surface area (Å²) in [6, 6.07) is 15.4. The number of aromatic nitrogens is 1. The van der Waals surface area contributed by atoms with Gasteiger partial charge in [-0.1, -0.05) is 42.5 Å². The molecule has 0 saturated heterocycles. The van der Waals surface area contributed by atoms with Gasteiger partial charge in [0.2, 0.25) is 17.7 Å². The number of para-hydroxylation sites is 1. The molecule has 1 aliphatic heterocycles. The molecule has 44 heavy (non-hydrogen) atoms. The molecule has 11 heteroatoms. The van der Waals surface area contributed by atoms with Crippen LogP contribution in [0.3, 0.4) is 0 Å². The number of thiazole rings is 1. The highest BCUT2D eigenvalue weighted by atomic mass is 32.1. The minimum absolute atomic E-state index is 0.0267. The van der Waals surface area contributed by atoms with E-state index in [1.54, 1.807) is 47.5 Å². The molecule has 2 aromatic carbocycles. The van der Waals surface area contributed by atoms with Gasteiger partial charge >= 0.3 is 0 Å². The van der Waals surface area contributed by atoms with E-state index in [0.29, 0.717) is 38.0 Å². The summed E-state index contributed by atoms with van der Waals surface area (Å²) in [6.45, 7) is 2.48. The third-order valence-electron chi connectivity index (χ3n) is 8.10. The van der Waals surface area contributed by atoms with Crippen LogP contribution in [-0.2, 0) is 27.2 Å². The van der Waals surface area contributed by atoms with Crippen molar-refractivity contribution in [3.8, 4) is 5.75 Å². The third kappa shape index (κ3) is 7.82. The average molecular weight is 618 g/mol. The number of ether oxygens (including phenoxy) is 1. The summed E-state index contributed by atoms with van der Waals surface area (Å²) in [5.74, 6) is -0.993. The predicted octanol–water partition coefficient (Wildman–Crippen LogP) is 3.19. The smallest absolute Gasteiger partial charge is 0.255 e. The van der Waals surface area contributed by atoms with Crippen molar-refractivity contribution in [3.05, 3.63) is 81.8 Å². The van der Waals surface area contributed by atoms with Gasteiger partial charge in [0.25, 0.3) is 5.91 Å². The van der Waals surface area contributed by atoms with Crippen molar-refractivity contribution in [2.45, 2.75) is 69.5 Å². The van der Waals surface area contributed by atoms with Crippen molar-refractivity contribution in [1.82, 2.24) is 25.8 Å². The fourth-order valence-electron chi connectivity index (χ4n) is 5.38. The Labute approximate surface area is 261 Å². The van der Waals surface area contributed by atoms with Crippen LogP contribution < -0.4 is 20.7 Å². The van der Waals surface area contributed by atoms with Crippen LogP contribution in [0.4, 0.5) is 0 Å². The number of aryl methyl sites for hydroxylation is 2. The highest BCUT2D eigenvalue weighted by Crippen LogP contribution is 2.38. The molecule has 0 unspecified atom stereocenters. The predicted molar refractivity (Wildman–Crippen MR) is 167 cm³/mol. The van der Waals surface area contributed by atoms with E-state index in [4.69, 9.17) is 4.74 Å². The van der Waals surface area contributed by atoms with E-state index in [1.807, 2.05) is 42.6 Å². The Hall–Kier alpha value is -4.25. The SMILES string of the molecule is Cc1csc(CCCNC(=O)[C@@H]2CCC(=O)NC3(CC3)C(=O)N(C)[C@@H](Cc3ccccc3)COc3ccccc3C(=O)N2)n1.